The van der Waals surface area contributed by atoms with Crippen molar-refractivity contribution < 1.29 is 14.6 Å². The minimum Gasteiger partial charge on any atom is -0.498 e. The molecule has 0 amide bonds. The lowest BCUT2D eigenvalue weighted by Crippen LogP contribution is -2.00. The summed E-state index contributed by atoms with van der Waals surface area (Å²) in [6.07, 6.45) is 22.3. The smallest absolute Gasteiger partial charge is 0.331 e. The second-order valence-corrected chi connectivity index (χ2v) is 7.50. The Morgan fingerprint density at radius 2 is 1.12 bits per heavy atom. The van der Waals surface area contributed by atoms with Gasteiger partial charge in [0.2, 0.25) is 0 Å². The normalized spacial score (nSPS) is 11.7. The second kappa shape index (κ2) is 20.3. The number of carbonyl (C=O) groups is 1. The van der Waals surface area contributed by atoms with Gasteiger partial charge in [-0.25, -0.2) is 4.79 Å². The Morgan fingerprint density at radius 3 is 1.58 bits per heavy atom. The molecule has 0 heterocycles. The maximum absolute atomic E-state index is 10.9. The van der Waals surface area contributed by atoms with Crippen LogP contribution in [0.2, 0.25) is 0 Å². The molecule has 0 fully saturated rings. The van der Waals surface area contributed by atoms with Gasteiger partial charge < -0.3 is 9.84 Å². The van der Waals surface area contributed by atoms with Crippen molar-refractivity contribution in [3.8, 4) is 0 Å². The van der Waals surface area contributed by atoms with E-state index in [1.54, 1.807) is 0 Å². The van der Waals surface area contributed by atoms with Crippen LogP contribution in [0.25, 0.3) is 0 Å². The molecular formula is C23H44O3. The zero-order valence-corrected chi connectivity index (χ0v) is 17.6. The zero-order chi connectivity index (χ0) is 19.3. The van der Waals surface area contributed by atoms with E-state index in [-0.39, 0.29) is 0 Å². The van der Waals surface area contributed by atoms with Crippen molar-refractivity contribution in [2.75, 3.05) is 6.61 Å². The maximum Gasteiger partial charge on any atom is 0.331 e. The second-order valence-electron chi connectivity index (χ2n) is 7.50. The van der Waals surface area contributed by atoms with Crippen LogP contribution in [0.15, 0.2) is 11.8 Å². The summed E-state index contributed by atoms with van der Waals surface area (Å²) in [6, 6.07) is 0. The topological polar surface area (TPSA) is 46.5 Å². The van der Waals surface area contributed by atoms with Crippen LogP contribution >= 0.6 is 0 Å². The number of hydrogen-bond donors (Lipinski definition) is 1. The first-order chi connectivity index (χ1) is 12.7. The first-order valence-corrected chi connectivity index (χ1v) is 11.3. The highest BCUT2D eigenvalue weighted by Crippen LogP contribution is 2.15. The van der Waals surface area contributed by atoms with Crippen molar-refractivity contribution in [1.29, 1.82) is 0 Å². The summed E-state index contributed by atoms with van der Waals surface area (Å²) in [5.74, 6) is -0.238. The molecule has 0 aliphatic rings. The molecule has 3 heteroatoms. The predicted molar refractivity (Wildman–Crippen MR) is 112 cm³/mol. The number of unbranched alkanes of at least 4 members (excludes halogenated alkanes) is 14. The average molecular weight is 369 g/mol. The Labute approximate surface area is 162 Å². The molecule has 0 unspecified atom stereocenters. The van der Waals surface area contributed by atoms with Gasteiger partial charge in [-0.1, -0.05) is 104 Å². The van der Waals surface area contributed by atoms with E-state index < -0.39 is 5.97 Å². The molecule has 3 nitrogen and oxygen atoms in total. The first kappa shape index (κ1) is 25.0. The molecular weight excluding hydrogens is 324 g/mol. The number of allylic oxidation sites excluding steroid dienone is 1. The fourth-order valence-electron chi connectivity index (χ4n) is 3.20. The highest BCUT2D eigenvalue weighted by atomic mass is 16.5. The Morgan fingerprint density at radius 1 is 0.692 bits per heavy atom. The van der Waals surface area contributed by atoms with Crippen LogP contribution in [0.3, 0.4) is 0 Å². The van der Waals surface area contributed by atoms with Gasteiger partial charge in [0.25, 0.3) is 0 Å². The van der Waals surface area contributed by atoms with Gasteiger partial charge in [0.05, 0.1) is 12.7 Å². The third-order valence-electron chi connectivity index (χ3n) is 4.85. The Balaban J connectivity index is 3.61. The third kappa shape index (κ3) is 19.3. The fourth-order valence-corrected chi connectivity index (χ4v) is 3.20. The third-order valence-corrected chi connectivity index (χ3v) is 4.85. The highest BCUT2D eigenvalue weighted by Gasteiger charge is 2.03. The van der Waals surface area contributed by atoms with E-state index in [2.05, 4.69) is 13.8 Å². The molecule has 1 N–H and O–H groups in total. The van der Waals surface area contributed by atoms with E-state index in [0.717, 1.165) is 19.3 Å². The summed E-state index contributed by atoms with van der Waals surface area (Å²) in [4.78, 5) is 10.9. The molecule has 0 aromatic heterocycles. The van der Waals surface area contributed by atoms with Crippen molar-refractivity contribution in [2.45, 2.75) is 123 Å². The summed E-state index contributed by atoms with van der Waals surface area (Å²) in [5, 5.41) is 8.98. The monoisotopic (exact) mass is 368 g/mol. The SMILES string of the molecule is CCCCCCCCCCCCC/C(=C/C(=O)O)OCCCCCCC. The van der Waals surface area contributed by atoms with Crippen molar-refractivity contribution in [1.82, 2.24) is 0 Å². The van der Waals surface area contributed by atoms with Gasteiger partial charge in [-0.3, -0.25) is 0 Å². The van der Waals surface area contributed by atoms with E-state index >= 15 is 0 Å². The Bertz CT molecular complexity index is 336. The van der Waals surface area contributed by atoms with Crippen LogP contribution < -0.4 is 0 Å². The summed E-state index contributed by atoms with van der Waals surface area (Å²) in [5.41, 5.74) is 0. The van der Waals surface area contributed by atoms with Crippen LogP contribution in [0.1, 0.15) is 123 Å². The minimum atomic E-state index is -0.894. The number of carboxylic acid groups (broad SMARTS) is 1. The van der Waals surface area contributed by atoms with E-state index in [9.17, 15) is 4.79 Å². The van der Waals surface area contributed by atoms with Crippen LogP contribution in [0.4, 0.5) is 0 Å². The van der Waals surface area contributed by atoms with Crippen LogP contribution in [0, 0.1) is 0 Å². The molecule has 0 aromatic rings. The summed E-state index contributed by atoms with van der Waals surface area (Å²) < 4.78 is 5.71. The highest BCUT2D eigenvalue weighted by molar-refractivity contribution is 5.80. The summed E-state index contributed by atoms with van der Waals surface area (Å²) >= 11 is 0. The molecule has 0 rings (SSSR count). The molecule has 0 spiro atoms. The first-order valence-electron chi connectivity index (χ1n) is 11.3. The molecule has 0 aromatic carbocycles. The van der Waals surface area contributed by atoms with Gasteiger partial charge in [0.1, 0.15) is 5.76 Å². The number of carboxylic acids is 1. The molecule has 154 valence electrons. The van der Waals surface area contributed by atoms with Crippen molar-refractivity contribution in [3.63, 3.8) is 0 Å². The molecule has 0 saturated heterocycles. The van der Waals surface area contributed by atoms with E-state index in [0.29, 0.717) is 12.4 Å². The van der Waals surface area contributed by atoms with Crippen LogP contribution in [-0.4, -0.2) is 17.7 Å². The average Bonchev–Trinajstić information content (AvgIpc) is 2.61. The molecule has 0 aliphatic heterocycles. The lowest BCUT2D eigenvalue weighted by Gasteiger charge is -2.10. The number of ether oxygens (including phenoxy) is 1. The Kier molecular flexibility index (Phi) is 19.5. The van der Waals surface area contributed by atoms with Gasteiger partial charge in [0, 0.05) is 6.42 Å². The van der Waals surface area contributed by atoms with Crippen molar-refractivity contribution in [2.24, 2.45) is 0 Å². The molecule has 26 heavy (non-hydrogen) atoms. The van der Waals surface area contributed by atoms with Gasteiger partial charge >= 0.3 is 5.97 Å². The lowest BCUT2D eigenvalue weighted by molar-refractivity contribution is -0.131. The van der Waals surface area contributed by atoms with Gasteiger partial charge in [-0.05, 0) is 12.8 Å². The standard InChI is InChI=1S/C23H44O3/c1-3-5-7-9-10-11-12-13-14-15-17-19-22(21-23(24)25)26-20-18-16-8-6-4-2/h21H,3-20H2,1-2H3,(H,24,25)/b22-21-. The summed E-state index contributed by atoms with van der Waals surface area (Å²) in [7, 11) is 0. The van der Waals surface area contributed by atoms with Gasteiger partial charge in [-0.2, -0.15) is 0 Å². The molecule has 0 atom stereocenters. The fraction of sp³-hybridized carbons (Fsp3) is 0.870. The zero-order valence-electron chi connectivity index (χ0n) is 17.6. The molecule has 0 aliphatic carbocycles. The van der Waals surface area contributed by atoms with E-state index in [1.807, 2.05) is 0 Å². The quantitative estimate of drug-likeness (QED) is 0.136. The lowest BCUT2D eigenvalue weighted by atomic mass is 10.0. The predicted octanol–water partition coefficient (Wildman–Crippen LogP) is 7.64. The Hall–Kier alpha value is -0.990. The van der Waals surface area contributed by atoms with Gasteiger partial charge in [-0.15, -0.1) is 0 Å². The van der Waals surface area contributed by atoms with Crippen molar-refractivity contribution >= 4 is 5.97 Å². The minimum absolute atomic E-state index is 0.654. The number of hydrogen-bond acceptors (Lipinski definition) is 2. The van der Waals surface area contributed by atoms with Gasteiger partial charge in [0.15, 0.2) is 0 Å². The van der Waals surface area contributed by atoms with Crippen molar-refractivity contribution in [3.05, 3.63) is 11.8 Å². The largest absolute Gasteiger partial charge is 0.498 e. The van der Waals surface area contributed by atoms with Crippen LogP contribution in [-0.2, 0) is 9.53 Å². The van der Waals surface area contributed by atoms with E-state index in [1.165, 1.54) is 96.0 Å². The molecule has 0 bridgehead atoms. The van der Waals surface area contributed by atoms with E-state index in [4.69, 9.17) is 9.84 Å². The van der Waals surface area contributed by atoms with Crippen LogP contribution in [0.5, 0.6) is 0 Å². The summed E-state index contributed by atoms with van der Waals surface area (Å²) in [6.45, 7) is 5.12. The molecule has 0 radical (unpaired) electrons. The molecule has 0 saturated carbocycles. The maximum atomic E-state index is 10.9. The number of aliphatic carboxylic acids is 1. The number of rotatable bonds is 20.